The Kier molecular flexibility index (Phi) is 7.39. The molecule has 57 heavy (non-hydrogen) atoms. The molecule has 2 nitrogen and oxygen atoms in total. The molecule has 0 spiro atoms. The van der Waals surface area contributed by atoms with Gasteiger partial charge in [-0.1, -0.05) is 140 Å². The summed E-state index contributed by atoms with van der Waals surface area (Å²) in [6.45, 7) is 0. The van der Waals surface area contributed by atoms with Crippen molar-refractivity contribution >= 4 is 72.0 Å². The quantitative estimate of drug-likeness (QED) is 0.166. The maximum absolute atomic E-state index is 2.54. The van der Waals surface area contributed by atoms with Crippen molar-refractivity contribution in [2.75, 3.05) is 0 Å². The highest BCUT2D eigenvalue weighted by atomic mass is 32.1. The van der Waals surface area contributed by atoms with Crippen LogP contribution in [-0.2, 0) is 12.8 Å². The zero-order valence-electron chi connectivity index (χ0n) is 31.4. The highest BCUT2D eigenvalue weighted by Crippen LogP contribution is 2.43. The van der Waals surface area contributed by atoms with Crippen molar-refractivity contribution < 1.29 is 0 Å². The molecular weight excluding hydrogens is 709 g/mol. The van der Waals surface area contributed by atoms with Gasteiger partial charge in [-0.25, -0.2) is 0 Å². The first-order valence-corrected chi connectivity index (χ1v) is 20.9. The largest absolute Gasteiger partial charge is 0.313 e. The van der Waals surface area contributed by atoms with Gasteiger partial charge < -0.3 is 9.13 Å². The van der Waals surface area contributed by atoms with Crippen molar-refractivity contribution in [2.45, 2.75) is 25.2 Å². The molecule has 0 radical (unpaired) electrons. The van der Waals surface area contributed by atoms with Crippen molar-refractivity contribution in [2.24, 2.45) is 0 Å². The molecule has 0 bridgehead atoms. The predicted octanol–water partition coefficient (Wildman–Crippen LogP) is 14.6. The number of aromatic nitrogens is 2. The van der Waals surface area contributed by atoms with Crippen LogP contribution in [0.3, 0.4) is 0 Å². The summed E-state index contributed by atoms with van der Waals surface area (Å²) in [6.07, 6.45) is 10.3. The van der Waals surface area contributed by atoms with Crippen LogP contribution in [0.15, 0.2) is 176 Å². The van der Waals surface area contributed by atoms with E-state index >= 15 is 0 Å². The lowest BCUT2D eigenvalue weighted by molar-refractivity contribution is 0.784. The van der Waals surface area contributed by atoms with E-state index in [0.29, 0.717) is 0 Å². The third-order valence-electron chi connectivity index (χ3n) is 12.4. The number of fused-ring (bicyclic) bond motifs is 9. The molecule has 1 atom stereocenters. The second kappa shape index (κ2) is 12.9. The van der Waals surface area contributed by atoms with E-state index in [-0.39, 0.29) is 5.92 Å². The molecule has 3 heterocycles. The maximum Gasteiger partial charge on any atom is 0.0538 e. The van der Waals surface area contributed by atoms with Gasteiger partial charge in [0.25, 0.3) is 0 Å². The van der Waals surface area contributed by atoms with Crippen LogP contribution in [0.2, 0.25) is 0 Å². The molecule has 10 aromatic rings. The second-order valence-corrected chi connectivity index (χ2v) is 16.7. The Morgan fingerprint density at radius 2 is 1.11 bits per heavy atom. The zero-order chi connectivity index (χ0) is 37.5. The van der Waals surface area contributed by atoms with E-state index < -0.39 is 0 Å². The number of allylic oxidation sites excluding steroid dienone is 2. The van der Waals surface area contributed by atoms with Gasteiger partial charge in [0.15, 0.2) is 0 Å². The highest BCUT2D eigenvalue weighted by molar-refractivity contribution is 7.20. The number of benzene rings is 7. The number of hydrogen-bond donors (Lipinski definition) is 0. The van der Waals surface area contributed by atoms with Gasteiger partial charge in [0.2, 0.25) is 0 Å². The summed E-state index contributed by atoms with van der Waals surface area (Å²) in [4.78, 5) is 1.41. The van der Waals surface area contributed by atoms with Crippen LogP contribution in [0.4, 0.5) is 0 Å². The fraction of sp³-hybridized carbons (Fsp3) is 0.0741. The molecule has 0 fully saturated rings. The van der Waals surface area contributed by atoms with E-state index in [2.05, 4.69) is 197 Å². The van der Waals surface area contributed by atoms with Crippen LogP contribution >= 0.6 is 11.3 Å². The van der Waals surface area contributed by atoms with Crippen LogP contribution in [0.5, 0.6) is 0 Å². The summed E-state index contributed by atoms with van der Waals surface area (Å²) in [5.74, 6) is 0.268. The molecule has 270 valence electrons. The Hall–Kier alpha value is -6.68. The van der Waals surface area contributed by atoms with Crippen molar-refractivity contribution in [3.05, 3.63) is 203 Å². The molecule has 0 saturated carbocycles. The van der Waals surface area contributed by atoms with Crippen LogP contribution in [-0.4, -0.2) is 9.13 Å². The van der Waals surface area contributed by atoms with Gasteiger partial charge in [0.1, 0.15) is 0 Å². The summed E-state index contributed by atoms with van der Waals surface area (Å²) in [5, 5.41) is 5.38. The molecule has 12 rings (SSSR count). The Balaban J connectivity index is 0.904. The average molecular weight is 747 g/mol. The lowest BCUT2D eigenvalue weighted by Crippen LogP contribution is -2.10. The molecule has 7 aromatic carbocycles. The fourth-order valence-corrected chi connectivity index (χ4v) is 10.9. The number of aryl methyl sites for hydroxylation is 1. The molecule has 3 heteroatoms. The topological polar surface area (TPSA) is 9.86 Å². The fourth-order valence-electron chi connectivity index (χ4n) is 9.68. The summed E-state index contributed by atoms with van der Waals surface area (Å²) in [5.41, 5.74) is 16.9. The summed E-state index contributed by atoms with van der Waals surface area (Å²) < 4.78 is 6.43. The van der Waals surface area contributed by atoms with Gasteiger partial charge in [-0.2, -0.15) is 0 Å². The Labute approximate surface area is 335 Å². The van der Waals surface area contributed by atoms with Gasteiger partial charge in [0, 0.05) is 54.3 Å². The summed E-state index contributed by atoms with van der Waals surface area (Å²) >= 11 is 1.93. The smallest absolute Gasteiger partial charge is 0.0538 e. The molecule has 0 N–H and O–H groups in total. The SMILES string of the molecule is C1=CC(c2ccc3c(c2)c2ccccc2n3C2=Cc3sc4ccccc4c3CC2)Cc2c1c1ccccc1n2-c1ccc(-c2ccc(-c3ccccc3)cc2)cc1. The summed E-state index contributed by atoms with van der Waals surface area (Å²) in [7, 11) is 0. The minimum absolute atomic E-state index is 0.268. The van der Waals surface area contributed by atoms with Gasteiger partial charge in [-0.3, -0.25) is 0 Å². The van der Waals surface area contributed by atoms with Gasteiger partial charge in [-0.15, -0.1) is 11.3 Å². The minimum Gasteiger partial charge on any atom is -0.313 e. The second-order valence-electron chi connectivity index (χ2n) is 15.6. The van der Waals surface area contributed by atoms with E-state index in [1.165, 1.54) is 104 Å². The Morgan fingerprint density at radius 3 is 1.88 bits per heavy atom. The van der Waals surface area contributed by atoms with E-state index in [1.54, 1.807) is 0 Å². The number of nitrogens with zero attached hydrogens (tertiary/aromatic N) is 2. The first-order valence-electron chi connectivity index (χ1n) is 20.1. The van der Waals surface area contributed by atoms with Crippen LogP contribution in [0, 0.1) is 0 Å². The van der Waals surface area contributed by atoms with E-state index in [1.807, 2.05) is 11.3 Å². The van der Waals surface area contributed by atoms with Crippen LogP contribution in [0.1, 0.15) is 39.6 Å². The van der Waals surface area contributed by atoms with Gasteiger partial charge >= 0.3 is 0 Å². The third-order valence-corrected chi connectivity index (χ3v) is 13.6. The first-order chi connectivity index (χ1) is 28.2. The lowest BCUT2D eigenvalue weighted by atomic mass is 9.87. The summed E-state index contributed by atoms with van der Waals surface area (Å²) in [6, 6.07) is 62.7. The minimum atomic E-state index is 0.268. The zero-order valence-corrected chi connectivity index (χ0v) is 32.2. The normalized spacial score (nSPS) is 15.0. The van der Waals surface area contributed by atoms with Crippen molar-refractivity contribution in [1.82, 2.24) is 9.13 Å². The molecule has 0 aliphatic heterocycles. The molecular formula is C54H38N2S. The number of para-hydroxylation sites is 2. The maximum atomic E-state index is 2.54. The Morgan fingerprint density at radius 1 is 0.491 bits per heavy atom. The van der Waals surface area contributed by atoms with Crippen LogP contribution < -0.4 is 0 Å². The van der Waals surface area contributed by atoms with Crippen molar-refractivity contribution in [3.63, 3.8) is 0 Å². The molecule has 1 unspecified atom stereocenters. The van der Waals surface area contributed by atoms with Crippen molar-refractivity contribution in [1.29, 1.82) is 0 Å². The molecule has 2 aliphatic rings. The standard InChI is InChI=1S/C54H38N2S/c1-2-10-35(11-3-1)36-18-20-37(21-19-36)38-22-26-41(27-23-38)55-49-15-7-4-12-43(49)45-29-24-40(33-52(45)55)39-25-31-51-48(32-39)44-13-5-8-16-50(44)56(51)42-28-30-47-46-14-6-9-17-53(46)57-54(47)34-42/h1-27,29,31-32,34,40H,28,30,33H2. The molecule has 0 saturated heterocycles. The van der Waals surface area contributed by atoms with Crippen LogP contribution in [0.25, 0.3) is 88.6 Å². The van der Waals surface area contributed by atoms with E-state index in [4.69, 9.17) is 0 Å². The molecule has 3 aromatic heterocycles. The lowest BCUT2D eigenvalue weighted by Gasteiger charge is -2.21. The monoisotopic (exact) mass is 746 g/mol. The predicted molar refractivity (Wildman–Crippen MR) is 243 cm³/mol. The number of thiophene rings is 1. The number of hydrogen-bond acceptors (Lipinski definition) is 1. The van der Waals surface area contributed by atoms with E-state index in [9.17, 15) is 0 Å². The molecule has 2 aliphatic carbocycles. The van der Waals surface area contributed by atoms with Crippen molar-refractivity contribution in [3.8, 4) is 27.9 Å². The highest BCUT2D eigenvalue weighted by Gasteiger charge is 2.26. The Bertz CT molecular complexity index is 3240. The van der Waals surface area contributed by atoms with E-state index in [0.717, 1.165) is 19.3 Å². The first kappa shape index (κ1) is 32.6. The number of rotatable bonds is 5. The van der Waals surface area contributed by atoms with Gasteiger partial charge in [0.05, 0.1) is 16.6 Å². The van der Waals surface area contributed by atoms with Gasteiger partial charge in [-0.05, 0) is 107 Å². The molecule has 0 amide bonds. The third kappa shape index (κ3) is 5.23. The average Bonchev–Trinajstić information content (AvgIpc) is 3.93.